The summed E-state index contributed by atoms with van der Waals surface area (Å²) in [6, 6.07) is 3.83. The summed E-state index contributed by atoms with van der Waals surface area (Å²) < 4.78 is 5.20. The molecule has 2 nitrogen and oxygen atoms in total. The lowest BCUT2D eigenvalue weighted by atomic mass is 10.3. The van der Waals surface area contributed by atoms with Crippen molar-refractivity contribution in [3.05, 3.63) is 24.2 Å². The van der Waals surface area contributed by atoms with Crippen molar-refractivity contribution in [1.29, 1.82) is 0 Å². The second kappa shape index (κ2) is 4.01. The molecule has 3 heteroatoms. The number of hydrogen-bond donors (Lipinski definition) is 0. The van der Waals surface area contributed by atoms with Crippen molar-refractivity contribution >= 4 is 17.5 Å². The molecule has 1 aliphatic rings. The van der Waals surface area contributed by atoms with E-state index >= 15 is 0 Å². The molecular weight excluding hydrogens is 184 g/mol. The minimum absolute atomic E-state index is 0.227. The summed E-state index contributed by atoms with van der Waals surface area (Å²) in [7, 11) is 0. The summed E-state index contributed by atoms with van der Waals surface area (Å²) in [5.74, 6) is 2.20. The Hall–Kier alpha value is -0.700. The molecule has 0 amide bonds. The molecule has 1 atom stereocenters. The fourth-order valence-corrected chi connectivity index (χ4v) is 2.70. The van der Waals surface area contributed by atoms with E-state index in [-0.39, 0.29) is 5.25 Å². The molecule has 1 heterocycles. The second-order valence-electron chi connectivity index (χ2n) is 3.24. The van der Waals surface area contributed by atoms with Crippen LogP contribution in [0.2, 0.25) is 0 Å². The van der Waals surface area contributed by atoms with Gasteiger partial charge in [0.05, 0.1) is 17.3 Å². The first-order valence-corrected chi connectivity index (χ1v) is 5.58. The molecule has 1 unspecified atom stereocenters. The Morgan fingerprint density at radius 2 is 2.54 bits per heavy atom. The van der Waals surface area contributed by atoms with E-state index in [2.05, 4.69) is 0 Å². The maximum atomic E-state index is 11.3. The van der Waals surface area contributed by atoms with Crippen LogP contribution in [-0.2, 0) is 10.5 Å². The van der Waals surface area contributed by atoms with Crippen LogP contribution in [0, 0.1) is 0 Å². The molecule has 1 aliphatic carbocycles. The number of carbonyl (C=O) groups is 1. The Balaban J connectivity index is 1.82. The van der Waals surface area contributed by atoms with Crippen molar-refractivity contribution in [2.75, 3.05) is 0 Å². The van der Waals surface area contributed by atoms with Crippen LogP contribution in [0.4, 0.5) is 0 Å². The molecule has 0 spiro atoms. The zero-order chi connectivity index (χ0) is 9.10. The molecule has 13 heavy (non-hydrogen) atoms. The van der Waals surface area contributed by atoms with Crippen molar-refractivity contribution < 1.29 is 9.21 Å². The van der Waals surface area contributed by atoms with Crippen LogP contribution < -0.4 is 0 Å². The highest BCUT2D eigenvalue weighted by atomic mass is 32.2. The Kier molecular flexibility index (Phi) is 2.74. The quantitative estimate of drug-likeness (QED) is 0.744. The first-order valence-electron chi connectivity index (χ1n) is 4.53. The number of rotatable bonds is 3. The molecule has 0 aromatic carbocycles. The van der Waals surface area contributed by atoms with Gasteiger partial charge in [0.1, 0.15) is 11.5 Å². The molecule has 70 valence electrons. The maximum absolute atomic E-state index is 11.3. The van der Waals surface area contributed by atoms with Gasteiger partial charge >= 0.3 is 0 Å². The third kappa shape index (κ3) is 2.15. The smallest absolute Gasteiger partial charge is 0.145 e. The lowest BCUT2D eigenvalue weighted by Gasteiger charge is -2.04. The van der Waals surface area contributed by atoms with Crippen LogP contribution in [0.15, 0.2) is 22.8 Å². The van der Waals surface area contributed by atoms with E-state index in [0.29, 0.717) is 5.78 Å². The van der Waals surface area contributed by atoms with E-state index in [9.17, 15) is 4.79 Å². The predicted molar refractivity (Wildman–Crippen MR) is 52.6 cm³/mol. The summed E-state index contributed by atoms with van der Waals surface area (Å²) in [4.78, 5) is 11.3. The van der Waals surface area contributed by atoms with Crippen molar-refractivity contribution in [1.82, 2.24) is 0 Å². The van der Waals surface area contributed by atoms with Crippen LogP contribution in [0.25, 0.3) is 0 Å². The molecule has 0 radical (unpaired) electrons. The fraction of sp³-hybridized carbons (Fsp3) is 0.500. The molecule has 2 rings (SSSR count). The van der Waals surface area contributed by atoms with Crippen molar-refractivity contribution in [3.63, 3.8) is 0 Å². The number of furan rings is 1. The summed E-state index contributed by atoms with van der Waals surface area (Å²) in [6.07, 6.45) is 4.56. The van der Waals surface area contributed by atoms with Gasteiger partial charge in [0.15, 0.2) is 0 Å². The van der Waals surface area contributed by atoms with Crippen molar-refractivity contribution in [3.8, 4) is 0 Å². The lowest BCUT2D eigenvalue weighted by Crippen LogP contribution is -2.08. The van der Waals surface area contributed by atoms with Crippen LogP contribution >= 0.6 is 11.8 Å². The number of carbonyl (C=O) groups excluding carboxylic acids is 1. The molecule has 1 fully saturated rings. The van der Waals surface area contributed by atoms with Gasteiger partial charge in [-0.3, -0.25) is 4.79 Å². The Bertz CT molecular complexity index is 279. The summed E-state index contributed by atoms with van der Waals surface area (Å²) in [5.41, 5.74) is 0. The number of ketones is 1. The van der Waals surface area contributed by atoms with Crippen LogP contribution in [0.5, 0.6) is 0 Å². The van der Waals surface area contributed by atoms with Gasteiger partial charge < -0.3 is 4.42 Å². The van der Waals surface area contributed by atoms with Gasteiger partial charge in [-0.2, -0.15) is 0 Å². The monoisotopic (exact) mass is 196 g/mol. The third-order valence-corrected chi connectivity index (χ3v) is 3.61. The highest BCUT2D eigenvalue weighted by Gasteiger charge is 2.24. The highest BCUT2D eigenvalue weighted by Crippen LogP contribution is 2.29. The van der Waals surface area contributed by atoms with E-state index in [4.69, 9.17) is 4.42 Å². The average molecular weight is 196 g/mol. The van der Waals surface area contributed by atoms with Gasteiger partial charge in [-0.25, -0.2) is 0 Å². The van der Waals surface area contributed by atoms with Crippen molar-refractivity contribution in [2.45, 2.75) is 30.3 Å². The van der Waals surface area contributed by atoms with Crippen LogP contribution in [-0.4, -0.2) is 11.0 Å². The number of Topliss-reactive ketones (excluding diaryl/α,β-unsaturated/α-hetero) is 1. The van der Waals surface area contributed by atoms with E-state index in [0.717, 1.165) is 30.8 Å². The largest absolute Gasteiger partial charge is 0.468 e. The molecule has 0 saturated heterocycles. The Morgan fingerprint density at radius 1 is 1.62 bits per heavy atom. The van der Waals surface area contributed by atoms with E-state index < -0.39 is 0 Å². The van der Waals surface area contributed by atoms with Gasteiger partial charge in [0.2, 0.25) is 0 Å². The van der Waals surface area contributed by atoms with Gasteiger partial charge in [-0.05, 0) is 25.0 Å². The van der Waals surface area contributed by atoms with Gasteiger partial charge in [-0.1, -0.05) is 0 Å². The summed E-state index contributed by atoms with van der Waals surface area (Å²) >= 11 is 1.71. The molecule has 1 aromatic rings. The number of thioether (sulfide) groups is 1. The molecule has 0 aliphatic heterocycles. The normalized spacial score (nSPS) is 22.5. The summed E-state index contributed by atoms with van der Waals surface area (Å²) in [6.45, 7) is 0. The van der Waals surface area contributed by atoms with E-state index in [1.165, 1.54) is 0 Å². The fourth-order valence-electron chi connectivity index (χ4n) is 1.54. The lowest BCUT2D eigenvalue weighted by molar-refractivity contribution is -0.116. The number of hydrogen-bond acceptors (Lipinski definition) is 3. The van der Waals surface area contributed by atoms with E-state index in [1.807, 2.05) is 12.1 Å². The second-order valence-corrected chi connectivity index (χ2v) is 4.43. The minimum atomic E-state index is 0.227. The zero-order valence-electron chi connectivity index (χ0n) is 7.36. The SMILES string of the molecule is O=C1CCCC1SCc1ccco1. The van der Waals surface area contributed by atoms with E-state index in [1.54, 1.807) is 18.0 Å². The highest BCUT2D eigenvalue weighted by molar-refractivity contribution is 7.99. The molecule has 1 saturated carbocycles. The standard InChI is InChI=1S/C10H12O2S/c11-9-4-1-5-10(9)13-7-8-3-2-6-12-8/h2-3,6,10H,1,4-5,7H2. The maximum Gasteiger partial charge on any atom is 0.145 e. The van der Waals surface area contributed by atoms with Crippen LogP contribution in [0.3, 0.4) is 0 Å². The Morgan fingerprint density at radius 3 is 3.15 bits per heavy atom. The van der Waals surface area contributed by atoms with Gasteiger partial charge in [0, 0.05) is 6.42 Å². The van der Waals surface area contributed by atoms with Gasteiger partial charge in [0.25, 0.3) is 0 Å². The Labute approximate surface area is 81.7 Å². The first kappa shape index (κ1) is 8.88. The molecule has 0 bridgehead atoms. The average Bonchev–Trinajstić information content (AvgIpc) is 2.72. The van der Waals surface area contributed by atoms with Gasteiger partial charge in [-0.15, -0.1) is 11.8 Å². The third-order valence-electron chi connectivity index (χ3n) is 2.26. The minimum Gasteiger partial charge on any atom is -0.468 e. The predicted octanol–water partition coefficient (Wildman–Crippen LogP) is 2.63. The zero-order valence-corrected chi connectivity index (χ0v) is 8.18. The molecule has 0 N–H and O–H groups in total. The van der Waals surface area contributed by atoms with Crippen LogP contribution in [0.1, 0.15) is 25.0 Å². The first-order chi connectivity index (χ1) is 6.36. The molecule has 1 aromatic heterocycles. The summed E-state index contributed by atoms with van der Waals surface area (Å²) in [5, 5.41) is 0.227. The topological polar surface area (TPSA) is 30.2 Å². The van der Waals surface area contributed by atoms with Crippen molar-refractivity contribution in [2.24, 2.45) is 0 Å². The molecular formula is C10H12O2S.